The molecule has 1 aliphatic carbocycles. The van der Waals surface area contributed by atoms with Gasteiger partial charge in [-0.1, -0.05) is 30.3 Å². The number of pyridine rings is 2. The summed E-state index contributed by atoms with van der Waals surface area (Å²) in [4.78, 5) is 28.8. The van der Waals surface area contributed by atoms with E-state index in [-0.39, 0.29) is 23.0 Å². The molecule has 0 bridgehead atoms. The predicted molar refractivity (Wildman–Crippen MR) is 93.7 cm³/mol. The Kier molecular flexibility index (Phi) is 3.72. The third-order valence-corrected chi connectivity index (χ3v) is 4.33. The summed E-state index contributed by atoms with van der Waals surface area (Å²) in [5, 5.41) is 13.8. The highest BCUT2D eigenvalue weighted by Gasteiger charge is 2.26. The van der Waals surface area contributed by atoms with Gasteiger partial charge in [-0.15, -0.1) is 0 Å². The van der Waals surface area contributed by atoms with Crippen molar-refractivity contribution in [3.8, 4) is 5.75 Å². The average molecular weight is 335 g/mol. The number of benzene rings is 1. The van der Waals surface area contributed by atoms with Crippen molar-refractivity contribution >= 4 is 16.7 Å². The zero-order valence-electron chi connectivity index (χ0n) is 13.5. The fourth-order valence-corrected chi connectivity index (χ4v) is 2.79. The highest BCUT2D eigenvalue weighted by atomic mass is 16.3. The molecule has 6 heteroatoms. The van der Waals surface area contributed by atoms with E-state index in [2.05, 4.69) is 10.3 Å². The van der Waals surface area contributed by atoms with E-state index in [0.29, 0.717) is 17.3 Å². The van der Waals surface area contributed by atoms with Crippen molar-refractivity contribution < 1.29 is 9.90 Å². The van der Waals surface area contributed by atoms with Crippen LogP contribution >= 0.6 is 0 Å². The minimum atomic E-state index is -0.407. The molecule has 0 radical (unpaired) electrons. The second kappa shape index (κ2) is 6.05. The van der Waals surface area contributed by atoms with Gasteiger partial charge in [-0.25, -0.2) is 4.98 Å². The topological polar surface area (TPSA) is 84.2 Å². The summed E-state index contributed by atoms with van der Waals surface area (Å²) < 4.78 is 1.56. The Bertz CT molecular complexity index is 1010. The zero-order valence-corrected chi connectivity index (χ0v) is 13.5. The van der Waals surface area contributed by atoms with Crippen molar-refractivity contribution in [3.05, 3.63) is 70.4 Å². The highest BCUT2D eigenvalue weighted by Crippen LogP contribution is 2.26. The molecule has 4 rings (SSSR count). The van der Waals surface area contributed by atoms with E-state index < -0.39 is 5.91 Å². The summed E-state index contributed by atoms with van der Waals surface area (Å²) in [7, 11) is 0. The van der Waals surface area contributed by atoms with E-state index in [0.717, 1.165) is 18.4 Å². The Labute approximate surface area is 143 Å². The molecule has 126 valence electrons. The first kappa shape index (κ1) is 15.4. The normalized spacial score (nSPS) is 13.8. The molecule has 1 amide bonds. The fourth-order valence-electron chi connectivity index (χ4n) is 2.79. The summed E-state index contributed by atoms with van der Waals surface area (Å²) in [5.41, 5.74) is 0.708. The van der Waals surface area contributed by atoms with Crippen molar-refractivity contribution in [2.75, 3.05) is 0 Å². The lowest BCUT2D eigenvalue weighted by Gasteiger charge is -2.10. The van der Waals surface area contributed by atoms with Gasteiger partial charge in [0, 0.05) is 23.8 Å². The third kappa shape index (κ3) is 2.98. The molecule has 1 fully saturated rings. The molecule has 1 aliphatic rings. The summed E-state index contributed by atoms with van der Waals surface area (Å²) >= 11 is 0. The highest BCUT2D eigenvalue weighted by molar-refractivity contribution is 6.01. The van der Waals surface area contributed by atoms with Crippen LogP contribution in [0.4, 0.5) is 0 Å². The van der Waals surface area contributed by atoms with Crippen LogP contribution in [0.2, 0.25) is 0 Å². The van der Waals surface area contributed by atoms with Gasteiger partial charge in [0.2, 0.25) is 0 Å². The van der Waals surface area contributed by atoms with Gasteiger partial charge in [0.1, 0.15) is 0 Å². The number of carbonyl (C=O) groups excluding carboxylic acids is 1. The van der Waals surface area contributed by atoms with Crippen LogP contribution in [0.25, 0.3) is 10.8 Å². The number of amides is 1. The lowest BCUT2D eigenvalue weighted by atomic mass is 10.1. The number of fused-ring (bicyclic) bond motifs is 1. The van der Waals surface area contributed by atoms with Crippen LogP contribution < -0.4 is 10.9 Å². The van der Waals surface area contributed by atoms with Crippen molar-refractivity contribution in [1.82, 2.24) is 14.9 Å². The van der Waals surface area contributed by atoms with Crippen LogP contribution in [-0.4, -0.2) is 26.6 Å². The van der Waals surface area contributed by atoms with Crippen LogP contribution in [0.1, 0.15) is 28.9 Å². The largest absolute Gasteiger partial charge is 0.505 e. The zero-order chi connectivity index (χ0) is 17.4. The molecule has 6 nitrogen and oxygen atoms in total. The average Bonchev–Trinajstić information content (AvgIpc) is 3.43. The molecule has 0 unspecified atom stereocenters. The molecule has 0 aliphatic heterocycles. The molecule has 0 saturated heterocycles. The standard InChI is InChI=1S/C19H17N3O3/c23-17-14-8-9-22(11-12-4-2-1-3-5-12)19(25)15(14)10-20-16(17)18(24)21-13-6-7-13/h1-5,8-10,13,23H,6-7,11H2,(H,21,24). The lowest BCUT2D eigenvalue weighted by molar-refractivity contribution is 0.0943. The Hall–Kier alpha value is -3.15. The first-order valence-corrected chi connectivity index (χ1v) is 8.19. The van der Waals surface area contributed by atoms with E-state index in [1.807, 2.05) is 30.3 Å². The van der Waals surface area contributed by atoms with E-state index >= 15 is 0 Å². The van der Waals surface area contributed by atoms with Gasteiger partial charge >= 0.3 is 0 Å². The summed E-state index contributed by atoms with van der Waals surface area (Å²) in [6, 6.07) is 11.4. The van der Waals surface area contributed by atoms with Gasteiger partial charge in [-0.3, -0.25) is 9.59 Å². The number of nitrogens with zero attached hydrogens (tertiary/aromatic N) is 2. The third-order valence-electron chi connectivity index (χ3n) is 4.33. The van der Waals surface area contributed by atoms with Crippen molar-refractivity contribution in [1.29, 1.82) is 0 Å². The minimum absolute atomic E-state index is 0.0420. The van der Waals surface area contributed by atoms with E-state index in [1.54, 1.807) is 16.8 Å². The molecular formula is C19H17N3O3. The molecule has 0 spiro atoms. The molecule has 2 aromatic heterocycles. The van der Waals surface area contributed by atoms with Gasteiger partial charge in [-0.05, 0) is 24.5 Å². The fraction of sp³-hybridized carbons (Fsp3) is 0.211. The first-order chi connectivity index (χ1) is 12.1. The number of nitrogens with one attached hydrogen (secondary N) is 1. The van der Waals surface area contributed by atoms with Crippen LogP contribution in [-0.2, 0) is 6.54 Å². The minimum Gasteiger partial charge on any atom is -0.505 e. The molecule has 3 aromatic rings. The van der Waals surface area contributed by atoms with Gasteiger partial charge in [-0.2, -0.15) is 0 Å². The predicted octanol–water partition coefficient (Wildman–Crippen LogP) is 2.04. The lowest BCUT2D eigenvalue weighted by Crippen LogP contribution is -2.27. The quantitative estimate of drug-likeness (QED) is 0.764. The Morgan fingerprint density at radius 3 is 2.68 bits per heavy atom. The van der Waals surface area contributed by atoms with E-state index in [9.17, 15) is 14.7 Å². The molecule has 0 atom stereocenters. The smallest absolute Gasteiger partial charge is 0.273 e. The molecule has 1 aromatic carbocycles. The summed E-state index contributed by atoms with van der Waals surface area (Å²) in [6.45, 7) is 0.431. The Balaban J connectivity index is 1.72. The molecule has 2 N–H and O–H groups in total. The SMILES string of the molecule is O=C(NC1CC1)c1ncc2c(=O)n(Cc3ccccc3)ccc2c1O. The maximum absolute atomic E-state index is 12.7. The number of aromatic hydroxyl groups is 1. The van der Waals surface area contributed by atoms with Crippen molar-refractivity contribution in [2.24, 2.45) is 0 Å². The van der Waals surface area contributed by atoms with E-state index in [1.165, 1.54) is 6.20 Å². The van der Waals surface area contributed by atoms with Gasteiger partial charge in [0.25, 0.3) is 11.5 Å². The van der Waals surface area contributed by atoms with Crippen LogP contribution in [0.15, 0.2) is 53.6 Å². The molecule has 1 saturated carbocycles. The van der Waals surface area contributed by atoms with Gasteiger partial charge in [0.05, 0.1) is 11.9 Å². The number of aromatic nitrogens is 2. The van der Waals surface area contributed by atoms with Crippen LogP contribution in [0, 0.1) is 0 Å². The number of rotatable bonds is 4. The maximum Gasteiger partial charge on any atom is 0.273 e. The van der Waals surface area contributed by atoms with Gasteiger partial charge < -0.3 is 15.0 Å². The van der Waals surface area contributed by atoms with E-state index in [4.69, 9.17) is 0 Å². The van der Waals surface area contributed by atoms with Crippen molar-refractivity contribution in [2.45, 2.75) is 25.4 Å². The maximum atomic E-state index is 12.7. The molecular weight excluding hydrogens is 318 g/mol. The van der Waals surface area contributed by atoms with Crippen LogP contribution in [0.3, 0.4) is 0 Å². The second-order valence-corrected chi connectivity index (χ2v) is 6.26. The van der Waals surface area contributed by atoms with Gasteiger partial charge in [0.15, 0.2) is 11.4 Å². The van der Waals surface area contributed by atoms with Crippen LogP contribution in [0.5, 0.6) is 5.75 Å². The Morgan fingerprint density at radius 1 is 1.20 bits per heavy atom. The first-order valence-electron chi connectivity index (χ1n) is 8.19. The van der Waals surface area contributed by atoms with Crippen molar-refractivity contribution in [3.63, 3.8) is 0 Å². The molecule has 25 heavy (non-hydrogen) atoms. The number of carbonyl (C=O) groups is 1. The summed E-state index contributed by atoms with van der Waals surface area (Å²) in [5.74, 6) is -0.657. The second-order valence-electron chi connectivity index (χ2n) is 6.26. The number of hydrogen-bond donors (Lipinski definition) is 2. The summed E-state index contributed by atoms with van der Waals surface area (Å²) in [6.07, 6.45) is 4.88. The Morgan fingerprint density at radius 2 is 1.96 bits per heavy atom. The monoisotopic (exact) mass is 335 g/mol. The molecule has 2 heterocycles. The number of hydrogen-bond acceptors (Lipinski definition) is 4.